The molecule has 0 atom stereocenters. The number of aryl methyl sites for hydroxylation is 2. The molecule has 2 aliphatic rings. The van der Waals surface area contributed by atoms with Crippen molar-refractivity contribution in [2.24, 2.45) is 0 Å². The second kappa shape index (κ2) is 6.59. The maximum Gasteiger partial charge on any atom is 0.253 e. The molecule has 124 valence electrons. The number of fused-ring (bicyclic) bond motifs is 1. The summed E-state index contributed by atoms with van der Waals surface area (Å²) < 4.78 is 0. The average molecular weight is 322 g/mol. The quantitative estimate of drug-likeness (QED) is 0.851. The SMILES string of the molecule is O=C(c1ccc2c(c1)CCC2)N1CCCN(c2cccnn2)CC1. The molecule has 24 heavy (non-hydrogen) atoms. The number of hydrogen-bond acceptors (Lipinski definition) is 4. The Morgan fingerprint density at radius 3 is 2.75 bits per heavy atom. The van der Waals surface area contributed by atoms with Gasteiger partial charge in [0.25, 0.3) is 5.91 Å². The second-order valence-electron chi connectivity index (χ2n) is 6.55. The summed E-state index contributed by atoms with van der Waals surface area (Å²) in [5.74, 6) is 1.05. The molecule has 1 aromatic heterocycles. The van der Waals surface area contributed by atoms with E-state index in [9.17, 15) is 4.79 Å². The molecule has 1 aliphatic carbocycles. The third-order valence-electron chi connectivity index (χ3n) is 5.01. The minimum absolute atomic E-state index is 0.158. The fourth-order valence-electron chi connectivity index (χ4n) is 3.70. The predicted octanol–water partition coefficient (Wildman–Crippen LogP) is 2.32. The van der Waals surface area contributed by atoms with Gasteiger partial charge in [-0.05, 0) is 61.1 Å². The molecule has 0 saturated carbocycles. The molecule has 0 unspecified atom stereocenters. The third-order valence-corrected chi connectivity index (χ3v) is 5.01. The summed E-state index contributed by atoms with van der Waals surface area (Å²) in [6, 6.07) is 10.1. The van der Waals surface area contributed by atoms with Crippen molar-refractivity contribution < 1.29 is 4.79 Å². The Kier molecular flexibility index (Phi) is 4.15. The number of amides is 1. The first-order valence-corrected chi connectivity index (χ1v) is 8.75. The van der Waals surface area contributed by atoms with Crippen LogP contribution in [0.1, 0.15) is 34.3 Å². The van der Waals surface area contributed by atoms with E-state index in [-0.39, 0.29) is 5.91 Å². The van der Waals surface area contributed by atoms with Crippen molar-refractivity contribution in [1.82, 2.24) is 15.1 Å². The van der Waals surface area contributed by atoms with Crippen molar-refractivity contribution in [3.63, 3.8) is 0 Å². The molecule has 0 N–H and O–H groups in total. The van der Waals surface area contributed by atoms with Crippen LogP contribution in [0.2, 0.25) is 0 Å². The Balaban J connectivity index is 1.46. The lowest BCUT2D eigenvalue weighted by molar-refractivity contribution is 0.0767. The Morgan fingerprint density at radius 1 is 0.958 bits per heavy atom. The summed E-state index contributed by atoms with van der Waals surface area (Å²) in [7, 11) is 0. The molecule has 1 fully saturated rings. The first-order valence-electron chi connectivity index (χ1n) is 8.75. The van der Waals surface area contributed by atoms with Crippen LogP contribution >= 0.6 is 0 Å². The van der Waals surface area contributed by atoms with E-state index in [4.69, 9.17) is 0 Å². The first kappa shape index (κ1) is 15.1. The molecular formula is C19H22N4O. The van der Waals surface area contributed by atoms with Crippen molar-refractivity contribution in [3.05, 3.63) is 53.2 Å². The minimum Gasteiger partial charge on any atom is -0.353 e. The van der Waals surface area contributed by atoms with Gasteiger partial charge < -0.3 is 9.80 Å². The molecule has 0 bridgehead atoms. The summed E-state index contributed by atoms with van der Waals surface area (Å²) in [6.07, 6.45) is 6.11. The van der Waals surface area contributed by atoms with Gasteiger partial charge in [0, 0.05) is 37.9 Å². The molecule has 1 aromatic carbocycles. The van der Waals surface area contributed by atoms with E-state index in [0.717, 1.165) is 56.8 Å². The number of rotatable bonds is 2. The molecule has 1 saturated heterocycles. The molecule has 5 nitrogen and oxygen atoms in total. The average Bonchev–Trinajstić information content (AvgIpc) is 2.96. The monoisotopic (exact) mass is 322 g/mol. The van der Waals surface area contributed by atoms with Gasteiger partial charge in [-0.3, -0.25) is 4.79 Å². The number of aromatic nitrogens is 2. The molecule has 5 heteroatoms. The zero-order chi connectivity index (χ0) is 16.4. The van der Waals surface area contributed by atoms with Gasteiger partial charge >= 0.3 is 0 Å². The largest absolute Gasteiger partial charge is 0.353 e. The number of carbonyl (C=O) groups excluding carboxylic acids is 1. The number of hydrogen-bond donors (Lipinski definition) is 0. The van der Waals surface area contributed by atoms with Crippen LogP contribution in [0.15, 0.2) is 36.5 Å². The van der Waals surface area contributed by atoms with Crippen molar-refractivity contribution in [2.45, 2.75) is 25.7 Å². The molecule has 2 aromatic rings. The van der Waals surface area contributed by atoms with E-state index in [0.29, 0.717) is 0 Å². The fraction of sp³-hybridized carbons (Fsp3) is 0.421. The van der Waals surface area contributed by atoms with E-state index >= 15 is 0 Å². The first-order chi connectivity index (χ1) is 11.8. The van der Waals surface area contributed by atoms with E-state index < -0.39 is 0 Å². The topological polar surface area (TPSA) is 49.3 Å². The Morgan fingerprint density at radius 2 is 1.88 bits per heavy atom. The Hall–Kier alpha value is -2.43. The number of benzene rings is 1. The van der Waals surface area contributed by atoms with Gasteiger partial charge in [-0.2, -0.15) is 5.10 Å². The van der Waals surface area contributed by atoms with Crippen molar-refractivity contribution in [3.8, 4) is 0 Å². The zero-order valence-corrected chi connectivity index (χ0v) is 13.8. The van der Waals surface area contributed by atoms with Crippen LogP contribution in [0, 0.1) is 0 Å². The van der Waals surface area contributed by atoms with Crippen molar-refractivity contribution >= 4 is 11.7 Å². The van der Waals surface area contributed by atoms with Gasteiger partial charge in [-0.25, -0.2) is 0 Å². The van der Waals surface area contributed by atoms with Gasteiger partial charge in [0.05, 0.1) is 0 Å². The summed E-state index contributed by atoms with van der Waals surface area (Å²) in [4.78, 5) is 17.1. The summed E-state index contributed by atoms with van der Waals surface area (Å²) in [6.45, 7) is 3.24. The molecule has 2 heterocycles. The molecule has 4 rings (SSSR count). The highest BCUT2D eigenvalue weighted by molar-refractivity contribution is 5.94. The van der Waals surface area contributed by atoms with Crippen molar-refractivity contribution in [1.29, 1.82) is 0 Å². The highest BCUT2D eigenvalue weighted by atomic mass is 16.2. The van der Waals surface area contributed by atoms with Crippen LogP contribution in [-0.4, -0.2) is 47.2 Å². The molecule has 0 spiro atoms. The summed E-state index contributed by atoms with van der Waals surface area (Å²) >= 11 is 0. The lowest BCUT2D eigenvalue weighted by Gasteiger charge is -2.22. The molecule has 0 radical (unpaired) electrons. The number of nitrogens with zero attached hydrogens (tertiary/aromatic N) is 4. The highest BCUT2D eigenvalue weighted by Gasteiger charge is 2.22. The van der Waals surface area contributed by atoms with Gasteiger partial charge in [-0.1, -0.05) is 6.07 Å². The Labute approximate surface area is 142 Å². The van der Waals surface area contributed by atoms with E-state index in [1.807, 2.05) is 23.1 Å². The van der Waals surface area contributed by atoms with Gasteiger partial charge in [0.2, 0.25) is 0 Å². The van der Waals surface area contributed by atoms with Crippen molar-refractivity contribution in [2.75, 3.05) is 31.1 Å². The van der Waals surface area contributed by atoms with Crippen LogP contribution < -0.4 is 4.90 Å². The fourth-order valence-corrected chi connectivity index (χ4v) is 3.70. The lowest BCUT2D eigenvalue weighted by Crippen LogP contribution is -2.35. The predicted molar refractivity (Wildman–Crippen MR) is 93.2 cm³/mol. The minimum atomic E-state index is 0.158. The number of anilines is 1. The summed E-state index contributed by atoms with van der Waals surface area (Å²) in [5, 5.41) is 8.14. The number of carbonyl (C=O) groups is 1. The molecule has 1 amide bonds. The Bertz CT molecular complexity index is 731. The van der Waals surface area contributed by atoms with Crippen LogP contribution in [-0.2, 0) is 12.8 Å². The molecule has 1 aliphatic heterocycles. The van der Waals surface area contributed by atoms with Gasteiger partial charge in [0.1, 0.15) is 0 Å². The highest BCUT2D eigenvalue weighted by Crippen LogP contribution is 2.23. The smallest absolute Gasteiger partial charge is 0.253 e. The van der Waals surface area contributed by atoms with E-state index in [1.54, 1.807) is 6.20 Å². The maximum absolute atomic E-state index is 12.9. The normalized spacial score (nSPS) is 17.5. The third kappa shape index (κ3) is 2.98. The van der Waals surface area contributed by atoms with E-state index in [2.05, 4.69) is 27.2 Å². The van der Waals surface area contributed by atoms with Crippen LogP contribution in [0.5, 0.6) is 0 Å². The zero-order valence-electron chi connectivity index (χ0n) is 13.8. The maximum atomic E-state index is 12.9. The van der Waals surface area contributed by atoms with Crippen LogP contribution in [0.4, 0.5) is 5.82 Å². The van der Waals surface area contributed by atoms with Crippen LogP contribution in [0.25, 0.3) is 0 Å². The molecular weight excluding hydrogens is 300 g/mol. The van der Waals surface area contributed by atoms with Gasteiger partial charge in [0.15, 0.2) is 5.82 Å². The standard InChI is InChI=1S/C19H22N4O/c24-19(17-8-7-15-4-1-5-16(15)14-17)23-11-3-10-22(12-13-23)18-6-2-9-20-21-18/h2,6-9,14H,1,3-5,10-13H2. The van der Waals surface area contributed by atoms with Crippen LogP contribution in [0.3, 0.4) is 0 Å². The van der Waals surface area contributed by atoms with E-state index in [1.165, 1.54) is 17.5 Å². The summed E-state index contributed by atoms with van der Waals surface area (Å²) in [5.41, 5.74) is 3.61. The van der Waals surface area contributed by atoms with Gasteiger partial charge in [-0.15, -0.1) is 5.10 Å². The second-order valence-corrected chi connectivity index (χ2v) is 6.55. The lowest BCUT2D eigenvalue weighted by atomic mass is 10.1.